The molecule has 0 aliphatic heterocycles. The molecular weight excluding hydrogens is 363 g/mol. The highest BCUT2D eigenvalue weighted by Crippen LogP contribution is 2.25. The fraction of sp³-hybridized carbons (Fsp3) is 0.529. The maximum absolute atomic E-state index is 6.10. The van der Waals surface area contributed by atoms with Crippen molar-refractivity contribution in [3.63, 3.8) is 0 Å². The standard InChI is InChI=1S/C17H24Cl2N4S/c1-11(2)22(12(3)4)8-9-24-17-20-13(5)23(21-17)14-6-7-15(18)16(19)10-14/h6-7,10-12H,8-9H2,1-5H3. The van der Waals surface area contributed by atoms with E-state index >= 15 is 0 Å². The lowest BCUT2D eigenvalue weighted by atomic mass is 10.2. The highest BCUT2D eigenvalue weighted by atomic mass is 35.5. The minimum atomic E-state index is 0.516. The molecule has 0 amide bonds. The minimum absolute atomic E-state index is 0.516. The highest BCUT2D eigenvalue weighted by molar-refractivity contribution is 7.99. The van der Waals surface area contributed by atoms with Crippen LogP contribution in [0.5, 0.6) is 0 Å². The lowest BCUT2D eigenvalue weighted by Crippen LogP contribution is -2.38. The van der Waals surface area contributed by atoms with Crippen molar-refractivity contribution in [3.8, 4) is 5.69 Å². The van der Waals surface area contributed by atoms with Gasteiger partial charge in [0.25, 0.3) is 0 Å². The van der Waals surface area contributed by atoms with Gasteiger partial charge in [-0.1, -0.05) is 35.0 Å². The van der Waals surface area contributed by atoms with Crippen molar-refractivity contribution in [2.45, 2.75) is 51.9 Å². The van der Waals surface area contributed by atoms with Gasteiger partial charge in [0.1, 0.15) is 5.82 Å². The molecule has 0 bridgehead atoms. The van der Waals surface area contributed by atoms with Crippen molar-refractivity contribution >= 4 is 35.0 Å². The van der Waals surface area contributed by atoms with E-state index in [0.29, 0.717) is 22.1 Å². The first-order chi connectivity index (χ1) is 11.3. The number of halogens is 2. The third-order valence-electron chi connectivity index (χ3n) is 3.80. The smallest absolute Gasteiger partial charge is 0.209 e. The van der Waals surface area contributed by atoms with Crippen molar-refractivity contribution in [1.29, 1.82) is 0 Å². The van der Waals surface area contributed by atoms with Crippen molar-refractivity contribution < 1.29 is 0 Å². The Morgan fingerprint density at radius 1 is 1.12 bits per heavy atom. The molecule has 0 unspecified atom stereocenters. The molecule has 0 aliphatic carbocycles. The summed E-state index contributed by atoms with van der Waals surface area (Å²) in [6.45, 7) is 11.9. The molecule has 0 saturated carbocycles. The van der Waals surface area contributed by atoms with E-state index in [4.69, 9.17) is 23.2 Å². The summed E-state index contributed by atoms with van der Waals surface area (Å²) in [7, 11) is 0. The lowest BCUT2D eigenvalue weighted by molar-refractivity contribution is 0.187. The summed E-state index contributed by atoms with van der Waals surface area (Å²) < 4.78 is 1.80. The summed E-state index contributed by atoms with van der Waals surface area (Å²) in [6, 6.07) is 6.54. The molecule has 0 saturated heterocycles. The maximum atomic E-state index is 6.10. The van der Waals surface area contributed by atoms with Crippen molar-refractivity contribution in [2.75, 3.05) is 12.3 Å². The monoisotopic (exact) mass is 386 g/mol. The van der Waals surface area contributed by atoms with Crippen LogP contribution in [0.3, 0.4) is 0 Å². The Morgan fingerprint density at radius 3 is 2.38 bits per heavy atom. The van der Waals surface area contributed by atoms with Gasteiger partial charge >= 0.3 is 0 Å². The number of benzene rings is 1. The molecule has 1 aromatic carbocycles. The summed E-state index contributed by atoms with van der Waals surface area (Å²) in [6.07, 6.45) is 0. The minimum Gasteiger partial charge on any atom is -0.298 e. The van der Waals surface area contributed by atoms with Gasteiger partial charge in [-0.05, 0) is 52.8 Å². The summed E-state index contributed by atoms with van der Waals surface area (Å²) in [4.78, 5) is 7.01. The molecular formula is C17H24Cl2N4S. The molecule has 0 aliphatic rings. The van der Waals surface area contributed by atoms with E-state index in [1.165, 1.54) is 0 Å². The third-order valence-corrected chi connectivity index (χ3v) is 5.36. The van der Waals surface area contributed by atoms with Crippen LogP contribution < -0.4 is 0 Å². The molecule has 2 aromatic rings. The SMILES string of the molecule is Cc1nc(SCCN(C(C)C)C(C)C)nn1-c1ccc(Cl)c(Cl)c1. The first kappa shape index (κ1) is 19.6. The van der Waals surface area contributed by atoms with Gasteiger partial charge in [-0.25, -0.2) is 9.67 Å². The molecule has 1 heterocycles. The Hall–Kier alpha value is -0.750. The number of aromatic nitrogens is 3. The second-order valence-electron chi connectivity index (χ2n) is 6.23. The zero-order valence-corrected chi connectivity index (χ0v) is 17.1. The number of nitrogens with zero attached hydrogens (tertiary/aromatic N) is 4. The molecule has 0 spiro atoms. The number of hydrogen-bond acceptors (Lipinski definition) is 4. The van der Waals surface area contributed by atoms with Crippen LogP contribution in [0.25, 0.3) is 5.69 Å². The van der Waals surface area contributed by atoms with E-state index in [-0.39, 0.29) is 0 Å². The second-order valence-corrected chi connectivity index (χ2v) is 8.10. The van der Waals surface area contributed by atoms with Gasteiger partial charge in [-0.15, -0.1) is 5.10 Å². The molecule has 0 fully saturated rings. The Bertz CT molecular complexity index is 677. The molecule has 0 radical (unpaired) electrons. The Kier molecular flexibility index (Phi) is 6.99. The number of hydrogen-bond donors (Lipinski definition) is 0. The van der Waals surface area contributed by atoms with Gasteiger partial charge < -0.3 is 0 Å². The van der Waals surface area contributed by atoms with Gasteiger partial charge in [-0.3, -0.25) is 4.90 Å². The maximum Gasteiger partial charge on any atom is 0.209 e. The summed E-state index contributed by atoms with van der Waals surface area (Å²) in [5.74, 6) is 1.79. The summed E-state index contributed by atoms with van der Waals surface area (Å²) >= 11 is 13.7. The van der Waals surface area contributed by atoms with Gasteiger partial charge in [0.15, 0.2) is 0 Å². The predicted octanol–water partition coefficient (Wildman–Crippen LogP) is 5.09. The fourth-order valence-electron chi connectivity index (χ4n) is 2.64. The number of aryl methyl sites for hydroxylation is 1. The van der Waals surface area contributed by atoms with Crippen LogP contribution in [0.1, 0.15) is 33.5 Å². The quantitative estimate of drug-likeness (QED) is 0.620. The van der Waals surface area contributed by atoms with Crippen molar-refractivity contribution in [2.24, 2.45) is 0 Å². The van der Waals surface area contributed by atoms with E-state index in [2.05, 4.69) is 42.7 Å². The average molecular weight is 387 g/mol. The molecule has 0 atom stereocenters. The van der Waals surface area contributed by atoms with Crippen LogP contribution in [0.4, 0.5) is 0 Å². The van der Waals surface area contributed by atoms with Crippen molar-refractivity contribution in [3.05, 3.63) is 34.1 Å². The summed E-state index contributed by atoms with van der Waals surface area (Å²) in [5.41, 5.74) is 0.868. The van der Waals surface area contributed by atoms with E-state index < -0.39 is 0 Å². The fourth-order valence-corrected chi connectivity index (χ4v) is 3.76. The predicted molar refractivity (Wildman–Crippen MR) is 104 cm³/mol. The normalized spacial score (nSPS) is 11.9. The van der Waals surface area contributed by atoms with Crippen LogP contribution >= 0.6 is 35.0 Å². The van der Waals surface area contributed by atoms with Crippen molar-refractivity contribution in [1.82, 2.24) is 19.7 Å². The van der Waals surface area contributed by atoms with Gasteiger partial charge in [0, 0.05) is 24.4 Å². The second kappa shape index (κ2) is 8.56. The lowest BCUT2D eigenvalue weighted by Gasteiger charge is -2.30. The zero-order chi connectivity index (χ0) is 17.9. The molecule has 2 rings (SSSR count). The number of rotatable bonds is 7. The van der Waals surface area contributed by atoms with E-state index in [1.54, 1.807) is 28.6 Å². The van der Waals surface area contributed by atoms with Crippen LogP contribution in [0.15, 0.2) is 23.4 Å². The van der Waals surface area contributed by atoms with Gasteiger partial charge in [0.05, 0.1) is 15.7 Å². The number of thioether (sulfide) groups is 1. The van der Waals surface area contributed by atoms with E-state index in [0.717, 1.165) is 29.0 Å². The van der Waals surface area contributed by atoms with Gasteiger partial charge in [0.2, 0.25) is 5.16 Å². The van der Waals surface area contributed by atoms with Crippen LogP contribution in [-0.2, 0) is 0 Å². The highest BCUT2D eigenvalue weighted by Gasteiger charge is 2.14. The third kappa shape index (κ3) is 4.88. The van der Waals surface area contributed by atoms with Crippen LogP contribution in [0.2, 0.25) is 10.0 Å². The largest absolute Gasteiger partial charge is 0.298 e. The average Bonchev–Trinajstić information content (AvgIpc) is 2.86. The molecule has 7 heteroatoms. The molecule has 24 heavy (non-hydrogen) atoms. The Balaban J connectivity index is 2.05. The summed E-state index contributed by atoms with van der Waals surface area (Å²) in [5, 5.41) is 6.42. The first-order valence-electron chi connectivity index (χ1n) is 8.07. The molecule has 1 aromatic heterocycles. The van der Waals surface area contributed by atoms with Gasteiger partial charge in [-0.2, -0.15) is 0 Å². The molecule has 132 valence electrons. The van der Waals surface area contributed by atoms with E-state index in [1.807, 2.05) is 13.0 Å². The van der Waals surface area contributed by atoms with Crippen LogP contribution in [0, 0.1) is 6.92 Å². The topological polar surface area (TPSA) is 34.0 Å². The molecule has 4 nitrogen and oxygen atoms in total. The Morgan fingerprint density at radius 2 is 1.79 bits per heavy atom. The Labute approximate surface area is 158 Å². The molecule has 0 N–H and O–H groups in total. The van der Waals surface area contributed by atoms with Crippen LogP contribution in [-0.4, -0.2) is 44.0 Å². The van der Waals surface area contributed by atoms with E-state index in [9.17, 15) is 0 Å². The zero-order valence-electron chi connectivity index (χ0n) is 14.8. The first-order valence-corrected chi connectivity index (χ1v) is 9.81.